The van der Waals surface area contributed by atoms with Crippen LogP contribution in [-0.4, -0.2) is 25.1 Å². The van der Waals surface area contributed by atoms with Crippen LogP contribution in [0, 0.1) is 0 Å². The number of carbonyl (C=O) groups excluding carboxylic acids is 1. The van der Waals surface area contributed by atoms with Gasteiger partial charge >= 0.3 is 0 Å². The van der Waals surface area contributed by atoms with Crippen LogP contribution in [0.4, 0.5) is 0 Å². The van der Waals surface area contributed by atoms with E-state index in [4.69, 9.17) is 14.2 Å². The molecule has 0 amide bonds. The van der Waals surface area contributed by atoms with Crippen LogP contribution in [0.15, 0.2) is 42.5 Å². The van der Waals surface area contributed by atoms with E-state index in [0.717, 1.165) is 12.0 Å². The van der Waals surface area contributed by atoms with Crippen LogP contribution < -0.4 is 14.2 Å². The Labute approximate surface area is 122 Å². The molecular formula is C17H14O4. The lowest BCUT2D eigenvalue weighted by Crippen LogP contribution is -2.36. The van der Waals surface area contributed by atoms with E-state index in [9.17, 15) is 4.79 Å². The van der Waals surface area contributed by atoms with E-state index in [1.165, 1.54) is 0 Å². The molecule has 2 aromatic carbocycles. The van der Waals surface area contributed by atoms with Crippen molar-refractivity contribution in [2.45, 2.75) is 12.5 Å². The number of para-hydroxylation sites is 3. The fourth-order valence-corrected chi connectivity index (χ4v) is 2.73. The molecule has 0 fully saturated rings. The van der Waals surface area contributed by atoms with Crippen molar-refractivity contribution < 1.29 is 19.0 Å². The Morgan fingerprint density at radius 3 is 2.76 bits per heavy atom. The Balaban J connectivity index is 1.64. The maximum absolute atomic E-state index is 12.7. The summed E-state index contributed by atoms with van der Waals surface area (Å²) >= 11 is 0. The first-order chi connectivity index (χ1) is 10.3. The second-order valence-electron chi connectivity index (χ2n) is 5.12. The lowest BCUT2D eigenvalue weighted by atomic mass is 10.0. The number of rotatable bonds is 2. The average Bonchev–Trinajstić information content (AvgIpc) is 3.02. The molecule has 4 heteroatoms. The first-order valence-corrected chi connectivity index (χ1v) is 7.00. The summed E-state index contributed by atoms with van der Waals surface area (Å²) in [6.07, 6.45) is 0.219. The van der Waals surface area contributed by atoms with Gasteiger partial charge in [-0.1, -0.05) is 24.3 Å². The number of carbonyl (C=O) groups is 1. The van der Waals surface area contributed by atoms with Crippen LogP contribution in [0.25, 0.3) is 0 Å². The number of hydrogen-bond donors (Lipinski definition) is 0. The van der Waals surface area contributed by atoms with E-state index in [-0.39, 0.29) is 12.4 Å². The summed E-state index contributed by atoms with van der Waals surface area (Å²) in [7, 11) is 0. The number of ketones is 1. The highest BCUT2D eigenvalue weighted by atomic mass is 16.6. The van der Waals surface area contributed by atoms with Crippen molar-refractivity contribution in [2.75, 3.05) is 13.2 Å². The Kier molecular flexibility index (Phi) is 2.81. The van der Waals surface area contributed by atoms with Crippen LogP contribution in [0.1, 0.15) is 15.9 Å². The highest BCUT2D eigenvalue weighted by Gasteiger charge is 2.31. The zero-order valence-electron chi connectivity index (χ0n) is 11.4. The number of hydrogen-bond acceptors (Lipinski definition) is 4. The van der Waals surface area contributed by atoms with Crippen molar-refractivity contribution in [1.29, 1.82) is 0 Å². The molecule has 1 unspecified atom stereocenters. The Morgan fingerprint density at radius 2 is 1.86 bits per heavy atom. The van der Waals surface area contributed by atoms with Gasteiger partial charge in [0.1, 0.15) is 12.4 Å². The van der Waals surface area contributed by atoms with Gasteiger partial charge in [0.25, 0.3) is 0 Å². The normalized spacial score (nSPS) is 18.8. The molecule has 4 rings (SSSR count). The predicted octanol–water partition coefficient (Wildman–Crippen LogP) is 2.64. The molecule has 4 nitrogen and oxygen atoms in total. The van der Waals surface area contributed by atoms with Gasteiger partial charge in [-0.05, 0) is 23.8 Å². The largest absolute Gasteiger partial charge is 0.492 e. The predicted molar refractivity (Wildman–Crippen MR) is 76.3 cm³/mol. The summed E-state index contributed by atoms with van der Waals surface area (Å²) < 4.78 is 17.0. The van der Waals surface area contributed by atoms with E-state index in [1.54, 1.807) is 12.1 Å². The highest BCUT2D eigenvalue weighted by molar-refractivity contribution is 6.02. The van der Waals surface area contributed by atoms with E-state index in [0.29, 0.717) is 29.4 Å². The van der Waals surface area contributed by atoms with Gasteiger partial charge in [0, 0.05) is 6.42 Å². The lowest BCUT2D eigenvalue weighted by Gasteiger charge is -2.25. The van der Waals surface area contributed by atoms with E-state index >= 15 is 0 Å². The third-order valence-corrected chi connectivity index (χ3v) is 3.78. The molecule has 0 aromatic heterocycles. The third-order valence-electron chi connectivity index (χ3n) is 3.78. The summed E-state index contributed by atoms with van der Waals surface area (Å²) in [4.78, 5) is 12.7. The van der Waals surface area contributed by atoms with Crippen LogP contribution in [-0.2, 0) is 6.42 Å². The molecule has 0 aliphatic carbocycles. The van der Waals surface area contributed by atoms with Crippen molar-refractivity contribution >= 4 is 5.78 Å². The minimum absolute atomic E-state index is 0.0942. The van der Waals surface area contributed by atoms with E-state index < -0.39 is 6.10 Å². The first-order valence-electron chi connectivity index (χ1n) is 7.00. The Bertz CT molecular complexity index is 708. The summed E-state index contributed by atoms with van der Waals surface area (Å²) in [5, 5.41) is 0. The Morgan fingerprint density at radius 1 is 1.00 bits per heavy atom. The monoisotopic (exact) mass is 282 g/mol. The first kappa shape index (κ1) is 12.3. The standard InChI is InChI=1S/C17H14O4/c18-16(12-5-3-4-11-8-9-19-17(11)12)15-10-20-13-6-1-2-7-14(13)21-15/h1-7,15H,8-10H2. The minimum atomic E-state index is -0.629. The van der Waals surface area contributed by atoms with Crippen molar-refractivity contribution in [3.05, 3.63) is 53.6 Å². The lowest BCUT2D eigenvalue weighted by molar-refractivity contribution is 0.0583. The molecule has 1 atom stereocenters. The molecule has 0 saturated carbocycles. The van der Waals surface area contributed by atoms with E-state index in [2.05, 4.69) is 0 Å². The van der Waals surface area contributed by atoms with Gasteiger partial charge in [0.2, 0.25) is 5.78 Å². The van der Waals surface area contributed by atoms with Crippen LogP contribution in [0.2, 0.25) is 0 Å². The zero-order chi connectivity index (χ0) is 14.2. The third kappa shape index (κ3) is 2.03. The number of benzene rings is 2. The number of fused-ring (bicyclic) bond motifs is 2. The van der Waals surface area contributed by atoms with E-state index in [1.807, 2.05) is 30.3 Å². The van der Waals surface area contributed by atoms with Crippen LogP contribution >= 0.6 is 0 Å². The molecular weight excluding hydrogens is 268 g/mol. The smallest absolute Gasteiger partial charge is 0.210 e. The molecule has 0 N–H and O–H groups in total. The van der Waals surface area contributed by atoms with Crippen molar-refractivity contribution in [3.63, 3.8) is 0 Å². The molecule has 2 heterocycles. The van der Waals surface area contributed by atoms with Gasteiger partial charge < -0.3 is 14.2 Å². The molecule has 2 aliphatic heterocycles. The van der Waals surface area contributed by atoms with Crippen molar-refractivity contribution in [2.24, 2.45) is 0 Å². The highest BCUT2D eigenvalue weighted by Crippen LogP contribution is 2.34. The van der Waals surface area contributed by atoms with Crippen LogP contribution in [0.5, 0.6) is 17.2 Å². The summed E-state index contributed by atoms with van der Waals surface area (Å²) in [6.45, 7) is 0.851. The average molecular weight is 282 g/mol. The summed E-state index contributed by atoms with van der Waals surface area (Å²) in [5.74, 6) is 1.89. The van der Waals surface area contributed by atoms with Gasteiger partial charge in [-0.15, -0.1) is 0 Å². The van der Waals surface area contributed by atoms with Crippen molar-refractivity contribution in [1.82, 2.24) is 0 Å². The minimum Gasteiger partial charge on any atom is -0.492 e. The molecule has 0 bridgehead atoms. The molecule has 0 spiro atoms. The van der Waals surface area contributed by atoms with Gasteiger partial charge in [0.05, 0.1) is 12.2 Å². The molecule has 2 aromatic rings. The van der Waals surface area contributed by atoms with Gasteiger partial charge in [-0.2, -0.15) is 0 Å². The van der Waals surface area contributed by atoms with Gasteiger partial charge in [-0.25, -0.2) is 0 Å². The topological polar surface area (TPSA) is 44.8 Å². The van der Waals surface area contributed by atoms with Gasteiger partial charge in [0.15, 0.2) is 17.6 Å². The number of Topliss-reactive ketones (excluding diaryl/α,β-unsaturated/α-hetero) is 1. The molecule has 106 valence electrons. The second kappa shape index (κ2) is 4.81. The molecule has 0 radical (unpaired) electrons. The summed E-state index contributed by atoms with van der Waals surface area (Å²) in [5.41, 5.74) is 1.66. The quantitative estimate of drug-likeness (QED) is 0.794. The maximum Gasteiger partial charge on any atom is 0.210 e. The van der Waals surface area contributed by atoms with Crippen LogP contribution in [0.3, 0.4) is 0 Å². The molecule has 0 saturated heterocycles. The molecule has 2 aliphatic rings. The second-order valence-corrected chi connectivity index (χ2v) is 5.12. The summed E-state index contributed by atoms with van der Waals surface area (Å²) in [6, 6.07) is 13.0. The Hall–Kier alpha value is -2.49. The SMILES string of the molecule is O=C(c1cccc2c1OCC2)C1COc2ccccc2O1. The van der Waals surface area contributed by atoms with Gasteiger partial charge in [-0.3, -0.25) is 4.79 Å². The fraction of sp³-hybridized carbons (Fsp3) is 0.235. The maximum atomic E-state index is 12.7. The zero-order valence-corrected chi connectivity index (χ0v) is 11.4. The molecule has 21 heavy (non-hydrogen) atoms. The fourth-order valence-electron chi connectivity index (χ4n) is 2.73. The van der Waals surface area contributed by atoms with Crippen molar-refractivity contribution in [3.8, 4) is 17.2 Å². The number of ether oxygens (including phenoxy) is 3.